The highest BCUT2D eigenvalue weighted by Crippen LogP contribution is 2.27. The largest absolute Gasteiger partial charge is 0.355 e. The molecule has 0 amide bonds. The number of hydrogen-bond acceptors (Lipinski definition) is 4. The van der Waals surface area contributed by atoms with Crippen molar-refractivity contribution in [1.29, 1.82) is 0 Å². The molecule has 1 aromatic carbocycles. The number of likely N-dealkylation sites (N-methyl/N-ethyl adjacent to an activating group) is 1. The summed E-state index contributed by atoms with van der Waals surface area (Å²) >= 11 is 1.75. The Labute approximate surface area is 183 Å². The monoisotopic (exact) mass is 499 g/mol. The fraction of sp³-hybridized carbons (Fsp3) is 0.500. The number of aliphatic imine (C=N–C) groups is 1. The minimum atomic E-state index is 0. The third-order valence-electron chi connectivity index (χ3n) is 4.96. The average Bonchev–Trinajstić information content (AvgIpc) is 3.29. The molecular weight excluding hydrogens is 469 g/mol. The van der Waals surface area contributed by atoms with Crippen LogP contribution in [-0.4, -0.2) is 48.6 Å². The summed E-state index contributed by atoms with van der Waals surface area (Å²) in [7, 11) is 1.83. The molecule has 1 atom stereocenters. The molecule has 7 heteroatoms. The molecule has 0 saturated carbocycles. The van der Waals surface area contributed by atoms with E-state index in [9.17, 15) is 0 Å². The van der Waals surface area contributed by atoms with Gasteiger partial charge in [-0.15, -0.1) is 35.3 Å². The van der Waals surface area contributed by atoms with Gasteiger partial charge >= 0.3 is 0 Å². The van der Waals surface area contributed by atoms with Gasteiger partial charge in [-0.1, -0.05) is 37.3 Å². The molecule has 0 bridgehead atoms. The number of nitrogens with one attached hydrogen (secondary N) is 2. The van der Waals surface area contributed by atoms with Crippen LogP contribution in [0, 0.1) is 6.92 Å². The number of nitrogens with zero attached hydrogens (tertiary/aromatic N) is 3. The van der Waals surface area contributed by atoms with Crippen LogP contribution in [0.5, 0.6) is 0 Å². The number of guanidine groups is 1. The van der Waals surface area contributed by atoms with Crippen LogP contribution in [0.3, 0.4) is 0 Å². The lowest BCUT2D eigenvalue weighted by Gasteiger charge is -2.23. The Balaban J connectivity index is 0.00000261. The van der Waals surface area contributed by atoms with E-state index in [1.807, 2.05) is 13.1 Å². The zero-order valence-electron chi connectivity index (χ0n) is 16.4. The van der Waals surface area contributed by atoms with Crippen LogP contribution in [0.15, 0.2) is 35.3 Å². The van der Waals surface area contributed by atoms with E-state index in [0.29, 0.717) is 6.04 Å². The van der Waals surface area contributed by atoms with Crippen molar-refractivity contribution in [1.82, 2.24) is 20.5 Å². The topological polar surface area (TPSA) is 52.5 Å². The first-order valence-electron chi connectivity index (χ1n) is 9.41. The van der Waals surface area contributed by atoms with Crippen LogP contribution in [0.2, 0.25) is 0 Å². The summed E-state index contributed by atoms with van der Waals surface area (Å²) in [6, 6.07) is 11.0. The molecule has 1 saturated heterocycles. The molecule has 1 aliphatic heterocycles. The molecular formula is C20H30IN5S. The van der Waals surface area contributed by atoms with Crippen LogP contribution < -0.4 is 10.6 Å². The lowest BCUT2D eigenvalue weighted by atomic mass is 10.2. The van der Waals surface area contributed by atoms with Gasteiger partial charge < -0.3 is 10.6 Å². The quantitative estimate of drug-likeness (QED) is 0.360. The number of thiazole rings is 1. The van der Waals surface area contributed by atoms with E-state index in [4.69, 9.17) is 4.98 Å². The Bertz CT molecular complexity index is 731. The zero-order valence-corrected chi connectivity index (χ0v) is 19.5. The molecule has 2 aromatic rings. The summed E-state index contributed by atoms with van der Waals surface area (Å²) in [6.07, 6.45) is 2.57. The fourth-order valence-corrected chi connectivity index (χ4v) is 4.45. The van der Waals surface area contributed by atoms with Crippen molar-refractivity contribution in [3.8, 4) is 10.6 Å². The van der Waals surface area contributed by atoms with Crippen molar-refractivity contribution in [2.24, 2.45) is 4.99 Å². The Morgan fingerprint density at radius 2 is 2.07 bits per heavy atom. The number of aryl methyl sites for hydroxylation is 1. The summed E-state index contributed by atoms with van der Waals surface area (Å²) < 4.78 is 0. The van der Waals surface area contributed by atoms with Gasteiger partial charge in [0.2, 0.25) is 0 Å². The first kappa shape index (κ1) is 22.1. The van der Waals surface area contributed by atoms with Gasteiger partial charge in [0.25, 0.3) is 0 Å². The van der Waals surface area contributed by atoms with E-state index in [1.54, 1.807) is 11.3 Å². The second kappa shape index (κ2) is 11.0. The highest BCUT2D eigenvalue weighted by molar-refractivity contribution is 14.0. The van der Waals surface area contributed by atoms with Crippen LogP contribution >= 0.6 is 35.3 Å². The van der Waals surface area contributed by atoms with E-state index in [0.717, 1.165) is 36.3 Å². The molecule has 2 heterocycles. The molecule has 148 valence electrons. The Morgan fingerprint density at radius 1 is 1.30 bits per heavy atom. The SMILES string of the molecule is CCN1CCCC1CNC(=NC)NCc1sc(-c2ccccc2)nc1C.I. The summed E-state index contributed by atoms with van der Waals surface area (Å²) in [4.78, 5) is 12.9. The van der Waals surface area contributed by atoms with Gasteiger partial charge in [0, 0.05) is 30.1 Å². The molecule has 27 heavy (non-hydrogen) atoms. The first-order valence-corrected chi connectivity index (χ1v) is 10.2. The standard InChI is InChI=1S/C20H29N5S.HI/c1-4-25-12-8-11-17(25)13-22-20(21-3)23-14-18-15(2)24-19(26-18)16-9-6-5-7-10-16;/h5-7,9-10,17H,4,8,11-14H2,1-3H3,(H2,21,22,23);1H. The molecule has 5 nitrogen and oxygen atoms in total. The second-order valence-electron chi connectivity index (χ2n) is 6.62. The maximum absolute atomic E-state index is 4.73. The van der Waals surface area contributed by atoms with Crippen molar-refractivity contribution in [3.63, 3.8) is 0 Å². The maximum atomic E-state index is 4.73. The molecule has 0 radical (unpaired) electrons. The van der Waals surface area contributed by atoms with Crippen LogP contribution in [0.4, 0.5) is 0 Å². The van der Waals surface area contributed by atoms with Crippen molar-refractivity contribution in [2.45, 2.75) is 39.3 Å². The fourth-order valence-electron chi connectivity index (χ4n) is 3.44. The summed E-state index contributed by atoms with van der Waals surface area (Å²) in [5.74, 6) is 0.863. The van der Waals surface area contributed by atoms with Gasteiger partial charge in [0.05, 0.1) is 12.2 Å². The first-order chi connectivity index (χ1) is 12.7. The molecule has 2 N–H and O–H groups in total. The molecule has 0 spiro atoms. The average molecular weight is 499 g/mol. The molecule has 1 fully saturated rings. The predicted octanol–water partition coefficient (Wildman–Crippen LogP) is 3.89. The second-order valence-corrected chi connectivity index (χ2v) is 7.71. The van der Waals surface area contributed by atoms with Gasteiger partial charge in [-0.25, -0.2) is 4.98 Å². The summed E-state index contributed by atoms with van der Waals surface area (Å²) in [5, 5.41) is 8.00. The number of benzene rings is 1. The summed E-state index contributed by atoms with van der Waals surface area (Å²) in [6.45, 7) is 8.36. The maximum Gasteiger partial charge on any atom is 0.191 e. The van der Waals surface area contributed by atoms with Gasteiger partial charge in [-0.3, -0.25) is 9.89 Å². The van der Waals surface area contributed by atoms with Gasteiger partial charge in [-0.2, -0.15) is 0 Å². The molecule has 1 unspecified atom stereocenters. The van der Waals surface area contributed by atoms with Crippen molar-refractivity contribution in [3.05, 3.63) is 40.9 Å². The van der Waals surface area contributed by atoms with E-state index in [2.05, 4.69) is 58.6 Å². The molecule has 1 aromatic heterocycles. The minimum absolute atomic E-state index is 0. The highest BCUT2D eigenvalue weighted by Gasteiger charge is 2.22. The van der Waals surface area contributed by atoms with Gasteiger partial charge in [0.1, 0.15) is 5.01 Å². The molecule has 3 rings (SSSR count). The third kappa shape index (κ3) is 5.89. The summed E-state index contributed by atoms with van der Waals surface area (Å²) in [5.41, 5.74) is 2.26. The number of likely N-dealkylation sites (tertiary alicyclic amines) is 1. The number of hydrogen-bond donors (Lipinski definition) is 2. The zero-order chi connectivity index (χ0) is 18.4. The lowest BCUT2D eigenvalue weighted by molar-refractivity contribution is 0.267. The van der Waals surface area contributed by atoms with Crippen molar-refractivity contribution < 1.29 is 0 Å². The number of halogens is 1. The van der Waals surface area contributed by atoms with Crippen LogP contribution in [-0.2, 0) is 6.54 Å². The third-order valence-corrected chi connectivity index (χ3v) is 6.17. The Kier molecular flexibility index (Phi) is 8.98. The van der Waals surface area contributed by atoms with Crippen molar-refractivity contribution in [2.75, 3.05) is 26.7 Å². The normalized spacial score (nSPS) is 17.6. The predicted molar refractivity (Wildman–Crippen MR) is 126 cm³/mol. The van der Waals surface area contributed by atoms with Gasteiger partial charge in [0.15, 0.2) is 5.96 Å². The van der Waals surface area contributed by atoms with Gasteiger partial charge in [-0.05, 0) is 32.9 Å². The molecule has 1 aliphatic rings. The lowest BCUT2D eigenvalue weighted by Crippen LogP contribution is -2.44. The van der Waals surface area contributed by atoms with Crippen molar-refractivity contribution >= 4 is 41.3 Å². The van der Waals surface area contributed by atoms with E-state index in [-0.39, 0.29) is 24.0 Å². The Hall–Kier alpha value is -1.19. The van der Waals surface area contributed by atoms with E-state index in [1.165, 1.54) is 29.8 Å². The Morgan fingerprint density at radius 3 is 2.78 bits per heavy atom. The molecule has 0 aliphatic carbocycles. The van der Waals surface area contributed by atoms with E-state index >= 15 is 0 Å². The highest BCUT2D eigenvalue weighted by atomic mass is 127. The van der Waals surface area contributed by atoms with Crippen LogP contribution in [0.1, 0.15) is 30.3 Å². The number of aromatic nitrogens is 1. The van der Waals surface area contributed by atoms with E-state index < -0.39 is 0 Å². The minimum Gasteiger partial charge on any atom is -0.355 e. The number of rotatable bonds is 6. The smallest absolute Gasteiger partial charge is 0.191 e. The van der Waals surface area contributed by atoms with Crippen LogP contribution in [0.25, 0.3) is 10.6 Å².